The number of hydrogen-bond acceptors (Lipinski definition) is 5. The maximum Gasteiger partial charge on any atom is 0.164 e. The third-order valence-electron chi connectivity index (χ3n) is 9.12. The van der Waals surface area contributed by atoms with Crippen molar-refractivity contribution in [3.8, 4) is 34.2 Å². The molecule has 0 radical (unpaired) electrons. The second-order valence-corrected chi connectivity index (χ2v) is 12.9. The molecule has 0 aliphatic rings. The van der Waals surface area contributed by atoms with E-state index in [1.165, 1.54) is 41.7 Å². The number of rotatable bonds is 3. The zero-order valence-corrected chi connectivity index (χ0v) is 25.9. The first-order chi connectivity index (χ1) is 23.3. The molecule has 0 bridgehead atoms. The Labute approximate surface area is 273 Å². The summed E-state index contributed by atoms with van der Waals surface area (Å²) in [5, 5.41) is 10.5. The SMILES string of the molecule is c1ccc2cc(-c3nc(-c4ccc5ccc6c7ncccc7sc6c5c4)nc(-c4cc5ccccc5c5ccccc45)n3)ccc2c1. The summed E-state index contributed by atoms with van der Waals surface area (Å²) >= 11 is 1.78. The van der Waals surface area contributed by atoms with Crippen LogP contribution >= 0.6 is 11.3 Å². The first-order valence-corrected chi connectivity index (χ1v) is 16.4. The molecule has 10 aromatic rings. The average Bonchev–Trinajstić information content (AvgIpc) is 3.53. The molecular weight excluding hydrogens is 593 g/mol. The summed E-state index contributed by atoms with van der Waals surface area (Å²) < 4.78 is 2.41. The van der Waals surface area contributed by atoms with E-state index in [2.05, 4.69) is 133 Å². The molecule has 10 rings (SSSR count). The average molecular weight is 617 g/mol. The molecular formula is C42H24N4S. The lowest BCUT2D eigenvalue weighted by atomic mass is 9.96. The fraction of sp³-hybridized carbons (Fsp3) is 0. The van der Waals surface area contributed by atoms with Crippen LogP contribution in [0, 0.1) is 0 Å². The van der Waals surface area contributed by atoms with Crippen molar-refractivity contribution in [1.82, 2.24) is 19.9 Å². The Balaban J connectivity index is 1.25. The van der Waals surface area contributed by atoms with Gasteiger partial charge in [-0.2, -0.15) is 0 Å². The number of nitrogens with zero attached hydrogens (tertiary/aromatic N) is 4. The molecule has 4 nitrogen and oxygen atoms in total. The molecule has 0 aliphatic heterocycles. The molecule has 218 valence electrons. The number of fused-ring (bicyclic) bond motifs is 9. The Hall–Kier alpha value is -6.04. The van der Waals surface area contributed by atoms with Crippen LogP contribution in [0.5, 0.6) is 0 Å². The van der Waals surface area contributed by atoms with E-state index in [1.807, 2.05) is 12.3 Å². The number of benzene rings is 7. The quantitative estimate of drug-likeness (QED) is 0.185. The molecule has 3 aromatic heterocycles. The number of aromatic nitrogens is 4. The molecule has 0 saturated carbocycles. The van der Waals surface area contributed by atoms with Crippen molar-refractivity contribution in [2.24, 2.45) is 0 Å². The van der Waals surface area contributed by atoms with Crippen molar-refractivity contribution in [2.75, 3.05) is 0 Å². The second-order valence-electron chi connectivity index (χ2n) is 11.9. The van der Waals surface area contributed by atoms with Gasteiger partial charge in [0.1, 0.15) is 0 Å². The summed E-state index contributed by atoms with van der Waals surface area (Å²) in [6, 6.07) is 49.1. The van der Waals surface area contributed by atoms with Gasteiger partial charge in [0.25, 0.3) is 0 Å². The Morgan fingerprint density at radius 1 is 0.404 bits per heavy atom. The van der Waals surface area contributed by atoms with Gasteiger partial charge in [0.2, 0.25) is 0 Å². The molecule has 0 spiro atoms. The largest absolute Gasteiger partial charge is 0.255 e. The molecule has 0 N–H and O–H groups in total. The van der Waals surface area contributed by atoms with E-state index in [-0.39, 0.29) is 0 Å². The molecule has 0 fully saturated rings. The smallest absolute Gasteiger partial charge is 0.164 e. The van der Waals surface area contributed by atoms with E-state index in [0.29, 0.717) is 17.5 Å². The predicted molar refractivity (Wildman–Crippen MR) is 197 cm³/mol. The van der Waals surface area contributed by atoms with Gasteiger partial charge in [0.05, 0.1) is 10.2 Å². The third kappa shape index (κ3) is 4.21. The van der Waals surface area contributed by atoms with E-state index >= 15 is 0 Å². The number of thiophene rings is 1. The lowest BCUT2D eigenvalue weighted by Gasteiger charge is -2.13. The van der Waals surface area contributed by atoms with Crippen LogP contribution in [0.4, 0.5) is 0 Å². The van der Waals surface area contributed by atoms with Gasteiger partial charge in [-0.3, -0.25) is 4.98 Å². The Morgan fingerprint density at radius 3 is 1.91 bits per heavy atom. The highest BCUT2D eigenvalue weighted by molar-refractivity contribution is 7.26. The van der Waals surface area contributed by atoms with E-state index in [1.54, 1.807) is 11.3 Å². The first-order valence-electron chi connectivity index (χ1n) is 15.6. The zero-order valence-electron chi connectivity index (χ0n) is 25.1. The van der Waals surface area contributed by atoms with Crippen LogP contribution in [0.25, 0.3) is 97.6 Å². The molecule has 0 unspecified atom stereocenters. The fourth-order valence-electron chi connectivity index (χ4n) is 6.84. The van der Waals surface area contributed by atoms with E-state index in [4.69, 9.17) is 19.9 Å². The Bertz CT molecular complexity index is 2870. The molecule has 7 aromatic carbocycles. The summed E-state index contributed by atoms with van der Waals surface area (Å²) in [6.07, 6.45) is 1.87. The number of pyridine rings is 1. The highest BCUT2D eigenvalue weighted by Gasteiger charge is 2.17. The predicted octanol–water partition coefficient (Wildman–Crippen LogP) is 11.2. The van der Waals surface area contributed by atoms with E-state index < -0.39 is 0 Å². The van der Waals surface area contributed by atoms with Gasteiger partial charge in [-0.05, 0) is 68.0 Å². The van der Waals surface area contributed by atoms with Gasteiger partial charge in [-0.25, -0.2) is 15.0 Å². The van der Waals surface area contributed by atoms with Crippen molar-refractivity contribution in [3.63, 3.8) is 0 Å². The Morgan fingerprint density at radius 2 is 1.06 bits per heavy atom. The highest BCUT2D eigenvalue weighted by atomic mass is 32.1. The molecule has 0 aliphatic carbocycles. The summed E-state index contributed by atoms with van der Waals surface area (Å²) in [5.41, 5.74) is 3.94. The van der Waals surface area contributed by atoms with Gasteiger partial charge in [-0.15, -0.1) is 11.3 Å². The van der Waals surface area contributed by atoms with Crippen LogP contribution in [0.1, 0.15) is 0 Å². The normalized spacial score (nSPS) is 11.8. The lowest BCUT2D eigenvalue weighted by molar-refractivity contribution is 1.08. The summed E-state index contributed by atoms with van der Waals surface area (Å²) in [5.74, 6) is 1.95. The lowest BCUT2D eigenvalue weighted by Crippen LogP contribution is -2.01. The third-order valence-corrected chi connectivity index (χ3v) is 10.3. The minimum Gasteiger partial charge on any atom is -0.255 e. The van der Waals surface area contributed by atoms with E-state index in [0.717, 1.165) is 38.4 Å². The van der Waals surface area contributed by atoms with Crippen LogP contribution < -0.4 is 0 Å². The van der Waals surface area contributed by atoms with Crippen molar-refractivity contribution >= 4 is 74.7 Å². The first kappa shape index (κ1) is 26.2. The molecule has 0 amide bonds. The molecule has 5 heteroatoms. The van der Waals surface area contributed by atoms with Crippen LogP contribution in [0.3, 0.4) is 0 Å². The topological polar surface area (TPSA) is 51.6 Å². The standard InChI is InChI=1S/C42H24N4S/c1-2-9-27-22-29(17-15-25(27)8-1)40-44-41(30-18-16-26-19-20-34-38-37(14-7-21-43-38)47-39(34)35(26)24-30)46-42(45-40)36-23-28-10-3-4-11-31(28)32-12-5-6-13-33(32)36/h1-24H. The van der Waals surface area contributed by atoms with Crippen molar-refractivity contribution in [1.29, 1.82) is 0 Å². The van der Waals surface area contributed by atoms with Crippen molar-refractivity contribution < 1.29 is 0 Å². The van der Waals surface area contributed by atoms with Gasteiger partial charge in [-0.1, -0.05) is 109 Å². The fourth-order valence-corrected chi connectivity index (χ4v) is 8.02. The molecule has 0 atom stereocenters. The minimum atomic E-state index is 0.647. The van der Waals surface area contributed by atoms with Gasteiger partial charge < -0.3 is 0 Å². The van der Waals surface area contributed by atoms with Crippen LogP contribution in [0.15, 0.2) is 146 Å². The molecule has 47 heavy (non-hydrogen) atoms. The van der Waals surface area contributed by atoms with Crippen molar-refractivity contribution in [3.05, 3.63) is 146 Å². The Kier molecular flexibility index (Phi) is 5.71. The maximum atomic E-state index is 5.22. The van der Waals surface area contributed by atoms with Crippen LogP contribution in [-0.2, 0) is 0 Å². The maximum absolute atomic E-state index is 5.22. The number of hydrogen-bond donors (Lipinski definition) is 0. The second kappa shape index (κ2) is 10.2. The van der Waals surface area contributed by atoms with Gasteiger partial charge in [0, 0.05) is 38.4 Å². The van der Waals surface area contributed by atoms with E-state index in [9.17, 15) is 0 Å². The minimum absolute atomic E-state index is 0.647. The summed E-state index contributed by atoms with van der Waals surface area (Å²) in [6.45, 7) is 0. The highest BCUT2D eigenvalue weighted by Crippen LogP contribution is 2.39. The molecule has 0 saturated heterocycles. The van der Waals surface area contributed by atoms with Crippen molar-refractivity contribution in [2.45, 2.75) is 0 Å². The zero-order chi connectivity index (χ0) is 30.9. The van der Waals surface area contributed by atoms with Crippen LogP contribution in [-0.4, -0.2) is 19.9 Å². The van der Waals surface area contributed by atoms with Crippen LogP contribution in [0.2, 0.25) is 0 Å². The van der Waals surface area contributed by atoms with Gasteiger partial charge in [0.15, 0.2) is 17.5 Å². The molecule has 3 heterocycles. The monoisotopic (exact) mass is 616 g/mol. The van der Waals surface area contributed by atoms with Gasteiger partial charge >= 0.3 is 0 Å². The summed E-state index contributed by atoms with van der Waals surface area (Å²) in [4.78, 5) is 20.2. The summed E-state index contributed by atoms with van der Waals surface area (Å²) in [7, 11) is 0.